The minimum absolute atomic E-state index is 0.145. The number of rotatable bonds is 3. The fourth-order valence-electron chi connectivity index (χ4n) is 2.40. The summed E-state index contributed by atoms with van der Waals surface area (Å²) < 4.78 is 7.01. The largest absolute Gasteiger partial charge is 0.394 e. The topological polar surface area (TPSA) is 151 Å². The van der Waals surface area contributed by atoms with Crippen LogP contribution in [0.25, 0.3) is 11.2 Å². The Morgan fingerprint density at radius 3 is 3.00 bits per heavy atom. The van der Waals surface area contributed by atoms with E-state index in [2.05, 4.69) is 20.3 Å². The van der Waals surface area contributed by atoms with Crippen molar-refractivity contribution in [3.8, 4) is 0 Å². The molecule has 1 aliphatic rings. The lowest BCUT2D eigenvalue weighted by Crippen LogP contribution is -2.39. The number of aromatic amines is 1. The van der Waals surface area contributed by atoms with Gasteiger partial charge < -0.3 is 26.0 Å². The Labute approximate surface area is 118 Å². The predicted molar refractivity (Wildman–Crippen MR) is 72.7 cm³/mol. The monoisotopic (exact) mass is 296 g/mol. The van der Waals surface area contributed by atoms with E-state index in [1.807, 2.05) is 0 Å². The molecule has 1 aliphatic heterocycles. The number of aliphatic hydroxyl groups excluding tert-OH is 2. The van der Waals surface area contributed by atoms with Gasteiger partial charge in [-0.2, -0.15) is 4.98 Å². The minimum atomic E-state index is -1.01. The van der Waals surface area contributed by atoms with Crippen molar-refractivity contribution >= 4 is 17.1 Å². The molecule has 0 aliphatic carbocycles. The van der Waals surface area contributed by atoms with Gasteiger partial charge in [-0.25, -0.2) is 4.98 Å². The second-order valence-electron chi connectivity index (χ2n) is 4.80. The number of aromatic nitrogens is 4. The maximum Gasteiger partial charge on any atom is 0.280 e. The van der Waals surface area contributed by atoms with Crippen molar-refractivity contribution in [3.05, 3.63) is 16.7 Å². The number of imidazole rings is 1. The number of hydrogen-bond acceptors (Lipinski definition) is 8. The predicted octanol–water partition coefficient (Wildman–Crippen LogP) is -2.26. The number of ether oxygens (including phenoxy) is 1. The molecule has 0 aromatic carbocycles. The van der Waals surface area contributed by atoms with Gasteiger partial charge >= 0.3 is 0 Å². The number of fused-ring (bicyclic) bond motifs is 1. The van der Waals surface area contributed by atoms with Crippen molar-refractivity contribution in [1.82, 2.24) is 19.5 Å². The van der Waals surface area contributed by atoms with Crippen LogP contribution in [0.15, 0.2) is 11.1 Å². The molecule has 3 rings (SSSR count). The van der Waals surface area contributed by atoms with Gasteiger partial charge in [-0.05, 0) is 0 Å². The summed E-state index contributed by atoms with van der Waals surface area (Å²) in [4.78, 5) is 22.6. The molecule has 0 unspecified atom stereocenters. The third-order valence-electron chi connectivity index (χ3n) is 3.54. The van der Waals surface area contributed by atoms with E-state index in [0.29, 0.717) is 0 Å². The summed E-state index contributed by atoms with van der Waals surface area (Å²) in [6, 6.07) is -0.765. The lowest BCUT2D eigenvalue weighted by atomic mass is 10.1. The first-order chi connectivity index (χ1) is 10.1. The Morgan fingerprint density at radius 2 is 2.38 bits per heavy atom. The molecule has 3 heterocycles. The summed E-state index contributed by atoms with van der Waals surface area (Å²) in [6.07, 6.45) is -1.18. The van der Waals surface area contributed by atoms with Gasteiger partial charge in [-0.1, -0.05) is 0 Å². The number of H-pyrrole nitrogens is 1. The molecule has 0 amide bonds. The number of nitrogens with zero attached hydrogens (tertiary/aromatic N) is 3. The first-order valence-corrected chi connectivity index (χ1v) is 6.41. The molecular formula is C11H16N6O4. The lowest BCUT2D eigenvalue weighted by molar-refractivity contribution is -0.0437. The van der Waals surface area contributed by atoms with Crippen molar-refractivity contribution in [2.75, 3.05) is 19.0 Å². The maximum absolute atomic E-state index is 11.9. The zero-order chi connectivity index (χ0) is 15.1. The highest BCUT2D eigenvalue weighted by Gasteiger charge is 2.42. The molecule has 0 bridgehead atoms. The molecule has 0 radical (unpaired) electrons. The summed E-state index contributed by atoms with van der Waals surface area (Å²) in [5.41, 5.74) is 5.95. The number of hydrogen-bond donors (Lipinski definition) is 5. The number of nitrogens with one attached hydrogen (secondary N) is 2. The van der Waals surface area contributed by atoms with E-state index in [1.54, 1.807) is 7.05 Å². The van der Waals surface area contributed by atoms with Crippen LogP contribution in [0.2, 0.25) is 0 Å². The van der Waals surface area contributed by atoms with Crippen LogP contribution in [0.4, 0.5) is 5.95 Å². The van der Waals surface area contributed by atoms with Gasteiger partial charge in [0.2, 0.25) is 5.95 Å². The Morgan fingerprint density at radius 1 is 1.62 bits per heavy atom. The van der Waals surface area contributed by atoms with Gasteiger partial charge in [0.15, 0.2) is 17.4 Å². The fraction of sp³-hybridized carbons (Fsp3) is 0.545. The van der Waals surface area contributed by atoms with E-state index in [9.17, 15) is 9.90 Å². The Kier molecular flexibility index (Phi) is 3.37. The molecule has 4 atom stereocenters. The quantitative estimate of drug-likeness (QED) is 0.425. The van der Waals surface area contributed by atoms with Crippen molar-refractivity contribution in [1.29, 1.82) is 0 Å². The highest BCUT2D eigenvalue weighted by Crippen LogP contribution is 2.29. The van der Waals surface area contributed by atoms with Crippen LogP contribution in [-0.2, 0) is 4.74 Å². The van der Waals surface area contributed by atoms with E-state index in [-0.39, 0.29) is 23.7 Å². The van der Waals surface area contributed by atoms with Crippen molar-refractivity contribution in [2.24, 2.45) is 5.73 Å². The third kappa shape index (κ3) is 2.08. The average molecular weight is 296 g/mol. The van der Waals surface area contributed by atoms with Crippen molar-refractivity contribution < 1.29 is 14.9 Å². The Hall–Kier alpha value is -2.01. The van der Waals surface area contributed by atoms with Crippen LogP contribution in [0.1, 0.15) is 6.23 Å². The molecule has 10 nitrogen and oxygen atoms in total. The molecule has 114 valence electrons. The summed E-state index contributed by atoms with van der Waals surface area (Å²) in [7, 11) is 1.62. The number of nitrogens with two attached hydrogens (primary N) is 1. The van der Waals surface area contributed by atoms with Crippen molar-refractivity contribution in [3.63, 3.8) is 0 Å². The standard InChI is InChI=1S/C11H16N6O4/c1-13-11-15-8-6(9(20)16-11)14-3-17(8)10-5(12)7(19)4(2-18)21-10/h3-5,7,10,18-19H,2,12H2,1H3,(H2,13,15,16,20)/t4-,5-,7-,10-/m1/s1. The van der Waals surface area contributed by atoms with Gasteiger partial charge in [0.05, 0.1) is 19.0 Å². The summed E-state index contributed by atoms with van der Waals surface area (Å²) in [5, 5.41) is 21.8. The molecule has 0 spiro atoms. The SMILES string of the molecule is CNc1nc2c(ncn2[C@@H]2O[C@H](CO)[C@@H](O)[C@H]2N)c(=O)[nH]1. The second-order valence-corrected chi connectivity index (χ2v) is 4.80. The van der Waals surface area contributed by atoms with Gasteiger partial charge in [0.1, 0.15) is 12.2 Å². The number of aliphatic hydroxyl groups is 2. The maximum atomic E-state index is 11.9. The number of anilines is 1. The Balaban J connectivity index is 2.09. The zero-order valence-corrected chi connectivity index (χ0v) is 11.2. The summed E-state index contributed by atoms with van der Waals surface area (Å²) in [6.45, 7) is -0.353. The first kappa shape index (κ1) is 13.9. The van der Waals surface area contributed by atoms with Crippen LogP contribution in [0.3, 0.4) is 0 Å². The highest BCUT2D eigenvalue weighted by molar-refractivity contribution is 5.70. The Bertz CT molecular complexity index is 712. The molecule has 2 aromatic rings. The van der Waals surface area contributed by atoms with E-state index >= 15 is 0 Å². The molecule has 0 saturated carbocycles. The van der Waals surface area contributed by atoms with Crippen LogP contribution < -0.4 is 16.6 Å². The van der Waals surface area contributed by atoms with Crippen LogP contribution in [-0.4, -0.2) is 61.6 Å². The average Bonchev–Trinajstić information content (AvgIpc) is 3.02. The van der Waals surface area contributed by atoms with Gasteiger partial charge in [-0.15, -0.1) is 0 Å². The van der Waals surface area contributed by atoms with Gasteiger partial charge in [0, 0.05) is 7.05 Å². The highest BCUT2D eigenvalue weighted by atomic mass is 16.5. The molecule has 6 N–H and O–H groups in total. The molecule has 10 heteroatoms. The molecule has 1 fully saturated rings. The lowest BCUT2D eigenvalue weighted by Gasteiger charge is -2.17. The molecular weight excluding hydrogens is 280 g/mol. The zero-order valence-electron chi connectivity index (χ0n) is 11.2. The third-order valence-corrected chi connectivity index (χ3v) is 3.54. The second kappa shape index (κ2) is 5.07. The molecule has 1 saturated heterocycles. The van der Waals surface area contributed by atoms with E-state index < -0.39 is 30.0 Å². The summed E-state index contributed by atoms with van der Waals surface area (Å²) >= 11 is 0. The van der Waals surface area contributed by atoms with E-state index in [0.717, 1.165) is 0 Å². The van der Waals surface area contributed by atoms with Crippen LogP contribution in [0.5, 0.6) is 0 Å². The van der Waals surface area contributed by atoms with E-state index in [4.69, 9.17) is 15.6 Å². The van der Waals surface area contributed by atoms with Crippen LogP contribution in [0, 0.1) is 0 Å². The van der Waals surface area contributed by atoms with Crippen molar-refractivity contribution in [2.45, 2.75) is 24.5 Å². The summed E-state index contributed by atoms with van der Waals surface area (Å²) in [5.74, 6) is 0.278. The smallest absolute Gasteiger partial charge is 0.280 e. The molecule has 21 heavy (non-hydrogen) atoms. The fourth-order valence-corrected chi connectivity index (χ4v) is 2.40. The van der Waals surface area contributed by atoms with Crippen LogP contribution >= 0.6 is 0 Å². The minimum Gasteiger partial charge on any atom is -0.394 e. The van der Waals surface area contributed by atoms with E-state index in [1.165, 1.54) is 10.9 Å². The normalized spacial score (nSPS) is 29.1. The first-order valence-electron chi connectivity index (χ1n) is 6.41. The van der Waals surface area contributed by atoms with Gasteiger partial charge in [0.25, 0.3) is 5.56 Å². The van der Waals surface area contributed by atoms with Gasteiger partial charge in [-0.3, -0.25) is 14.3 Å². The molecule has 2 aromatic heterocycles.